The smallest absolute Gasteiger partial charge is 0.328 e. The minimum Gasteiger partial charge on any atom is -0.480 e. The van der Waals surface area contributed by atoms with Gasteiger partial charge in [-0.15, -0.1) is 0 Å². The third-order valence-electron chi connectivity index (χ3n) is 2.23. The Morgan fingerprint density at radius 1 is 1.39 bits per heavy atom. The summed E-state index contributed by atoms with van der Waals surface area (Å²) in [7, 11) is 2.74. The number of urea groups is 1. The number of carboxylic acids is 1. The minimum atomic E-state index is -1.33. The number of aliphatic carboxylic acids is 1. The highest BCUT2D eigenvalue weighted by Crippen LogP contribution is 1.96. The summed E-state index contributed by atoms with van der Waals surface area (Å²) in [4.78, 5) is 34.1. The van der Waals surface area contributed by atoms with Crippen molar-refractivity contribution in [1.29, 1.82) is 0 Å². The van der Waals surface area contributed by atoms with Gasteiger partial charge in [0.25, 0.3) is 0 Å². The molecule has 18 heavy (non-hydrogen) atoms. The molecular formula is C10H18N2O6. The van der Waals surface area contributed by atoms with Crippen LogP contribution in [0, 0.1) is 0 Å². The zero-order valence-electron chi connectivity index (χ0n) is 10.4. The van der Waals surface area contributed by atoms with E-state index in [1.54, 1.807) is 0 Å². The van der Waals surface area contributed by atoms with Gasteiger partial charge in [0.15, 0.2) is 6.04 Å². The Labute approximate surface area is 105 Å². The zero-order valence-corrected chi connectivity index (χ0v) is 10.4. The standard InChI is InChI=1S/C10H18N2O6/c1-12(5-3-4-8(14)18-2)10(17)11-7(6-13)9(15)16/h7,13H,3-6H2,1-2H3,(H,11,17)(H,15,16)/t7-/m1/s1. The summed E-state index contributed by atoms with van der Waals surface area (Å²) >= 11 is 0. The molecule has 0 radical (unpaired) electrons. The number of amides is 2. The third kappa shape index (κ3) is 6.04. The number of esters is 1. The van der Waals surface area contributed by atoms with Crippen molar-refractivity contribution in [2.45, 2.75) is 18.9 Å². The first-order chi connectivity index (χ1) is 8.42. The first kappa shape index (κ1) is 16.2. The molecule has 0 aliphatic heterocycles. The maximum Gasteiger partial charge on any atom is 0.328 e. The molecule has 1 atom stereocenters. The van der Waals surface area contributed by atoms with Crippen LogP contribution < -0.4 is 5.32 Å². The van der Waals surface area contributed by atoms with E-state index in [0.717, 1.165) is 0 Å². The van der Waals surface area contributed by atoms with E-state index in [1.165, 1.54) is 19.1 Å². The van der Waals surface area contributed by atoms with Crippen molar-refractivity contribution < 1.29 is 29.3 Å². The fraction of sp³-hybridized carbons (Fsp3) is 0.700. The summed E-state index contributed by atoms with van der Waals surface area (Å²) in [6.07, 6.45) is 0.587. The van der Waals surface area contributed by atoms with E-state index in [4.69, 9.17) is 10.2 Å². The predicted molar refractivity (Wildman–Crippen MR) is 60.9 cm³/mol. The van der Waals surface area contributed by atoms with Gasteiger partial charge in [0.2, 0.25) is 0 Å². The van der Waals surface area contributed by atoms with Crippen molar-refractivity contribution in [1.82, 2.24) is 10.2 Å². The quantitative estimate of drug-likeness (QED) is 0.508. The first-order valence-corrected chi connectivity index (χ1v) is 5.34. The Kier molecular flexibility index (Phi) is 7.45. The average molecular weight is 262 g/mol. The Morgan fingerprint density at radius 2 is 2.00 bits per heavy atom. The van der Waals surface area contributed by atoms with Crippen LogP contribution in [0.15, 0.2) is 0 Å². The van der Waals surface area contributed by atoms with E-state index in [-0.39, 0.29) is 18.9 Å². The topological polar surface area (TPSA) is 116 Å². The molecule has 2 amide bonds. The highest BCUT2D eigenvalue weighted by Gasteiger charge is 2.20. The Bertz CT molecular complexity index is 307. The summed E-state index contributed by atoms with van der Waals surface area (Å²) in [5, 5.41) is 19.5. The van der Waals surface area contributed by atoms with Crippen molar-refractivity contribution in [2.75, 3.05) is 27.3 Å². The molecule has 0 aromatic carbocycles. The summed E-state index contributed by atoms with van der Waals surface area (Å²) in [5.41, 5.74) is 0. The van der Waals surface area contributed by atoms with Gasteiger partial charge in [-0.3, -0.25) is 4.79 Å². The number of aliphatic hydroxyl groups excluding tert-OH is 1. The molecule has 0 unspecified atom stereocenters. The van der Waals surface area contributed by atoms with Crippen LogP contribution in [0.25, 0.3) is 0 Å². The molecule has 0 fully saturated rings. The number of hydrogen-bond donors (Lipinski definition) is 3. The first-order valence-electron chi connectivity index (χ1n) is 5.34. The Hall–Kier alpha value is -1.83. The molecule has 0 saturated carbocycles. The van der Waals surface area contributed by atoms with E-state index in [2.05, 4.69) is 10.1 Å². The van der Waals surface area contributed by atoms with E-state index in [0.29, 0.717) is 6.42 Å². The van der Waals surface area contributed by atoms with Crippen LogP contribution >= 0.6 is 0 Å². The number of carbonyl (C=O) groups excluding carboxylic acids is 2. The van der Waals surface area contributed by atoms with Gasteiger partial charge in [-0.25, -0.2) is 9.59 Å². The van der Waals surface area contributed by atoms with Crippen molar-refractivity contribution >= 4 is 18.0 Å². The molecule has 104 valence electrons. The number of aliphatic hydroxyl groups is 1. The number of nitrogens with zero attached hydrogens (tertiary/aromatic N) is 1. The summed E-state index contributed by atoms with van der Waals surface area (Å²) in [6.45, 7) is -0.407. The van der Waals surface area contributed by atoms with Crippen LogP contribution in [0.4, 0.5) is 4.79 Å². The molecule has 0 saturated heterocycles. The molecule has 0 bridgehead atoms. The van der Waals surface area contributed by atoms with Crippen LogP contribution in [0.2, 0.25) is 0 Å². The molecular weight excluding hydrogens is 244 g/mol. The second-order valence-corrected chi connectivity index (χ2v) is 3.62. The molecule has 0 aliphatic carbocycles. The fourth-order valence-corrected chi connectivity index (χ4v) is 1.11. The summed E-state index contributed by atoms with van der Waals surface area (Å²) in [5.74, 6) is -1.68. The molecule has 0 aromatic rings. The Morgan fingerprint density at radius 3 is 2.44 bits per heavy atom. The van der Waals surface area contributed by atoms with E-state index in [1.807, 2.05) is 0 Å². The Balaban J connectivity index is 4.02. The highest BCUT2D eigenvalue weighted by atomic mass is 16.5. The van der Waals surface area contributed by atoms with Gasteiger partial charge in [0, 0.05) is 20.0 Å². The van der Waals surface area contributed by atoms with Crippen LogP contribution in [0.5, 0.6) is 0 Å². The van der Waals surface area contributed by atoms with Gasteiger partial charge in [-0.2, -0.15) is 0 Å². The van der Waals surface area contributed by atoms with Gasteiger partial charge in [-0.1, -0.05) is 0 Å². The molecule has 0 spiro atoms. The van der Waals surface area contributed by atoms with Crippen molar-refractivity contribution in [3.05, 3.63) is 0 Å². The SMILES string of the molecule is COC(=O)CCCN(C)C(=O)N[C@H](CO)C(=O)O. The van der Waals surface area contributed by atoms with Crippen LogP contribution in [-0.4, -0.2) is 66.4 Å². The number of methoxy groups -OCH3 is 1. The van der Waals surface area contributed by atoms with Crippen molar-refractivity contribution in [3.8, 4) is 0 Å². The summed E-state index contributed by atoms with van der Waals surface area (Å²) < 4.78 is 4.44. The predicted octanol–water partition coefficient (Wildman–Crippen LogP) is -0.973. The maximum absolute atomic E-state index is 11.5. The van der Waals surface area contributed by atoms with Crippen LogP contribution in [-0.2, 0) is 14.3 Å². The average Bonchev–Trinajstić information content (AvgIpc) is 2.34. The number of ether oxygens (including phenoxy) is 1. The van der Waals surface area contributed by atoms with Gasteiger partial charge < -0.3 is 25.2 Å². The molecule has 8 heteroatoms. The lowest BCUT2D eigenvalue weighted by Gasteiger charge is -2.20. The maximum atomic E-state index is 11.5. The van der Waals surface area contributed by atoms with Gasteiger partial charge in [0.1, 0.15) is 0 Å². The second-order valence-electron chi connectivity index (χ2n) is 3.62. The number of rotatable bonds is 7. The lowest BCUT2D eigenvalue weighted by molar-refractivity contribution is -0.141. The zero-order chi connectivity index (χ0) is 14.1. The minimum absolute atomic E-state index is 0.177. The highest BCUT2D eigenvalue weighted by molar-refractivity contribution is 5.82. The van der Waals surface area contributed by atoms with Crippen LogP contribution in [0.1, 0.15) is 12.8 Å². The molecule has 0 heterocycles. The van der Waals surface area contributed by atoms with Crippen molar-refractivity contribution in [2.24, 2.45) is 0 Å². The molecule has 0 aromatic heterocycles. The molecule has 8 nitrogen and oxygen atoms in total. The largest absolute Gasteiger partial charge is 0.480 e. The number of hydrogen-bond acceptors (Lipinski definition) is 5. The summed E-state index contributed by atoms with van der Waals surface area (Å²) in [6, 6.07) is -1.96. The molecule has 3 N–H and O–H groups in total. The van der Waals surface area contributed by atoms with Gasteiger partial charge in [-0.05, 0) is 6.42 Å². The van der Waals surface area contributed by atoms with Gasteiger partial charge in [0.05, 0.1) is 13.7 Å². The lowest BCUT2D eigenvalue weighted by atomic mass is 10.3. The second kappa shape index (κ2) is 8.29. The monoisotopic (exact) mass is 262 g/mol. The molecule has 0 aliphatic rings. The van der Waals surface area contributed by atoms with Gasteiger partial charge >= 0.3 is 18.0 Å². The van der Waals surface area contributed by atoms with E-state index < -0.39 is 24.6 Å². The fourth-order valence-electron chi connectivity index (χ4n) is 1.11. The number of carboxylic acid groups (broad SMARTS) is 1. The van der Waals surface area contributed by atoms with E-state index >= 15 is 0 Å². The van der Waals surface area contributed by atoms with E-state index in [9.17, 15) is 14.4 Å². The number of carbonyl (C=O) groups is 3. The normalized spacial score (nSPS) is 11.5. The molecule has 0 rings (SSSR count). The third-order valence-corrected chi connectivity index (χ3v) is 2.23. The van der Waals surface area contributed by atoms with Crippen molar-refractivity contribution in [3.63, 3.8) is 0 Å². The van der Waals surface area contributed by atoms with Crippen LogP contribution in [0.3, 0.4) is 0 Å². The number of nitrogens with one attached hydrogen (secondary N) is 1. The lowest BCUT2D eigenvalue weighted by Crippen LogP contribution is -2.48.